The third-order valence-corrected chi connectivity index (χ3v) is 2.72. The molecule has 0 aromatic rings. The number of esters is 1. The summed E-state index contributed by atoms with van der Waals surface area (Å²) in [6.45, 7) is 0. The maximum atomic E-state index is 10.9. The Bertz CT molecular complexity index is 221. The second-order valence-corrected chi connectivity index (χ2v) is 3.63. The molecule has 1 aliphatic rings. The Labute approximate surface area is 85.1 Å². The lowest BCUT2D eigenvalue weighted by atomic mass is 9.89. The van der Waals surface area contributed by atoms with Crippen LogP contribution < -0.4 is 0 Å². The van der Waals surface area contributed by atoms with Crippen LogP contribution in [-0.2, 0) is 14.3 Å². The van der Waals surface area contributed by atoms with Gasteiger partial charge in [-0.05, 0) is 31.3 Å². The van der Waals surface area contributed by atoms with Crippen molar-refractivity contribution in [2.45, 2.75) is 32.1 Å². The van der Waals surface area contributed by atoms with Crippen molar-refractivity contribution in [3.8, 4) is 0 Å². The van der Waals surface area contributed by atoms with E-state index in [2.05, 4.69) is 10.8 Å². The van der Waals surface area contributed by atoms with Crippen molar-refractivity contribution >= 4 is 5.97 Å². The van der Waals surface area contributed by atoms with E-state index in [4.69, 9.17) is 4.74 Å². The summed E-state index contributed by atoms with van der Waals surface area (Å²) in [4.78, 5) is 10.9. The van der Waals surface area contributed by atoms with Crippen molar-refractivity contribution in [2.75, 3.05) is 14.2 Å². The van der Waals surface area contributed by atoms with Crippen molar-refractivity contribution in [1.82, 2.24) is 0 Å². The molecule has 1 rings (SSSR count). The molecule has 0 saturated heterocycles. The molecule has 0 saturated carbocycles. The molecule has 0 aromatic heterocycles. The van der Waals surface area contributed by atoms with Crippen LogP contribution in [0.3, 0.4) is 0 Å². The molecule has 1 atom stereocenters. The fourth-order valence-electron chi connectivity index (χ4n) is 1.74. The topological polar surface area (TPSA) is 35.5 Å². The van der Waals surface area contributed by atoms with E-state index in [1.54, 1.807) is 7.11 Å². The monoisotopic (exact) mass is 198 g/mol. The number of rotatable bonds is 4. The first-order chi connectivity index (χ1) is 6.76. The number of hydrogen-bond acceptors (Lipinski definition) is 3. The number of ether oxygens (including phenoxy) is 2. The first-order valence-corrected chi connectivity index (χ1v) is 5.06. The van der Waals surface area contributed by atoms with Gasteiger partial charge in [-0.15, -0.1) is 0 Å². The molecule has 1 unspecified atom stereocenters. The number of carbonyl (C=O) groups excluding carboxylic acids is 1. The van der Waals surface area contributed by atoms with Crippen molar-refractivity contribution in [3.05, 3.63) is 11.8 Å². The third kappa shape index (κ3) is 3.40. The van der Waals surface area contributed by atoms with Gasteiger partial charge in [0.15, 0.2) is 0 Å². The number of hydrogen-bond donors (Lipinski definition) is 0. The molecule has 3 heteroatoms. The van der Waals surface area contributed by atoms with Gasteiger partial charge in [-0.3, -0.25) is 4.79 Å². The summed E-state index contributed by atoms with van der Waals surface area (Å²) in [5.74, 6) is 1.60. The van der Waals surface area contributed by atoms with Crippen molar-refractivity contribution in [2.24, 2.45) is 5.92 Å². The highest BCUT2D eigenvalue weighted by molar-refractivity contribution is 5.69. The molecule has 0 heterocycles. The Morgan fingerprint density at radius 1 is 1.57 bits per heavy atom. The largest absolute Gasteiger partial charge is 0.501 e. The number of carbonyl (C=O) groups is 1. The molecule has 14 heavy (non-hydrogen) atoms. The van der Waals surface area contributed by atoms with Gasteiger partial charge in [-0.2, -0.15) is 0 Å². The number of methoxy groups -OCH3 is 2. The van der Waals surface area contributed by atoms with Gasteiger partial charge in [-0.1, -0.05) is 0 Å². The van der Waals surface area contributed by atoms with E-state index in [0.29, 0.717) is 12.3 Å². The van der Waals surface area contributed by atoms with Crippen LogP contribution in [0.15, 0.2) is 11.8 Å². The maximum Gasteiger partial charge on any atom is 0.305 e. The van der Waals surface area contributed by atoms with Gasteiger partial charge < -0.3 is 9.47 Å². The van der Waals surface area contributed by atoms with Gasteiger partial charge in [0.2, 0.25) is 0 Å². The van der Waals surface area contributed by atoms with Crippen LogP contribution in [-0.4, -0.2) is 20.2 Å². The van der Waals surface area contributed by atoms with E-state index in [1.165, 1.54) is 7.11 Å². The van der Waals surface area contributed by atoms with Crippen LogP contribution in [0, 0.1) is 5.92 Å². The van der Waals surface area contributed by atoms with E-state index >= 15 is 0 Å². The van der Waals surface area contributed by atoms with Crippen molar-refractivity contribution in [1.29, 1.82) is 0 Å². The Morgan fingerprint density at radius 2 is 2.36 bits per heavy atom. The highest BCUT2D eigenvalue weighted by Gasteiger charge is 2.15. The van der Waals surface area contributed by atoms with Gasteiger partial charge in [0, 0.05) is 12.8 Å². The summed E-state index contributed by atoms with van der Waals surface area (Å²) in [5.41, 5.74) is 0. The van der Waals surface area contributed by atoms with Crippen LogP contribution in [0.25, 0.3) is 0 Å². The fraction of sp³-hybridized carbons (Fsp3) is 0.727. The molecule has 0 aromatic carbocycles. The minimum absolute atomic E-state index is 0.105. The first-order valence-electron chi connectivity index (χ1n) is 5.06. The zero-order valence-corrected chi connectivity index (χ0v) is 8.91. The van der Waals surface area contributed by atoms with Gasteiger partial charge in [0.1, 0.15) is 0 Å². The molecule has 0 radical (unpaired) electrons. The summed E-state index contributed by atoms with van der Waals surface area (Å²) >= 11 is 0. The molecule has 80 valence electrons. The summed E-state index contributed by atoms with van der Waals surface area (Å²) in [6.07, 6.45) is 6.75. The van der Waals surface area contributed by atoms with E-state index in [0.717, 1.165) is 31.4 Å². The summed E-state index contributed by atoms with van der Waals surface area (Å²) < 4.78 is 9.76. The molecule has 0 aliphatic heterocycles. The molecule has 0 fully saturated rings. The minimum atomic E-state index is -0.105. The summed E-state index contributed by atoms with van der Waals surface area (Å²) in [7, 11) is 3.15. The lowest BCUT2D eigenvalue weighted by Crippen LogP contribution is -2.09. The highest BCUT2D eigenvalue weighted by Crippen LogP contribution is 2.27. The molecule has 1 aliphatic carbocycles. The van der Waals surface area contributed by atoms with E-state index in [-0.39, 0.29) is 5.97 Å². The standard InChI is InChI=1S/C11H18O3/c1-13-10-6-3-9(4-7-10)5-8-11(12)14-2/h6,9H,3-5,7-8H2,1-2H3. The van der Waals surface area contributed by atoms with Crippen LogP contribution in [0.4, 0.5) is 0 Å². The predicted molar refractivity (Wildman–Crippen MR) is 53.7 cm³/mol. The molecule has 0 spiro atoms. The first kappa shape index (κ1) is 11.1. The summed E-state index contributed by atoms with van der Waals surface area (Å²) in [6, 6.07) is 0. The molecule has 0 amide bonds. The minimum Gasteiger partial charge on any atom is -0.501 e. The van der Waals surface area contributed by atoms with Crippen molar-refractivity contribution in [3.63, 3.8) is 0 Å². The molecule has 0 bridgehead atoms. The zero-order valence-electron chi connectivity index (χ0n) is 8.91. The molecule has 0 N–H and O–H groups in total. The van der Waals surface area contributed by atoms with Crippen LogP contribution in [0.1, 0.15) is 32.1 Å². The Hall–Kier alpha value is -0.990. The zero-order chi connectivity index (χ0) is 10.4. The second kappa shape index (κ2) is 5.68. The van der Waals surface area contributed by atoms with Gasteiger partial charge in [-0.25, -0.2) is 0 Å². The Balaban J connectivity index is 2.22. The normalized spacial score (nSPS) is 21.3. The average molecular weight is 198 g/mol. The highest BCUT2D eigenvalue weighted by atomic mass is 16.5. The van der Waals surface area contributed by atoms with Crippen LogP contribution in [0.5, 0.6) is 0 Å². The fourth-order valence-corrected chi connectivity index (χ4v) is 1.74. The van der Waals surface area contributed by atoms with E-state index < -0.39 is 0 Å². The predicted octanol–water partition coefficient (Wildman–Crippen LogP) is 2.27. The third-order valence-electron chi connectivity index (χ3n) is 2.72. The molecular weight excluding hydrogens is 180 g/mol. The second-order valence-electron chi connectivity index (χ2n) is 3.63. The molecular formula is C11H18O3. The van der Waals surface area contributed by atoms with Gasteiger partial charge in [0.05, 0.1) is 20.0 Å². The quantitative estimate of drug-likeness (QED) is 0.650. The van der Waals surface area contributed by atoms with Crippen LogP contribution in [0.2, 0.25) is 0 Å². The van der Waals surface area contributed by atoms with E-state index in [1.807, 2.05) is 0 Å². The lowest BCUT2D eigenvalue weighted by Gasteiger charge is -2.20. The maximum absolute atomic E-state index is 10.9. The lowest BCUT2D eigenvalue weighted by molar-refractivity contribution is -0.140. The Kier molecular flexibility index (Phi) is 4.50. The van der Waals surface area contributed by atoms with Gasteiger partial charge in [0.25, 0.3) is 0 Å². The Morgan fingerprint density at radius 3 is 2.86 bits per heavy atom. The van der Waals surface area contributed by atoms with Crippen LogP contribution >= 0.6 is 0 Å². The number of allylic oxidation sites excluding steroid dienone is 2. The average Bonchev–Trinajstić information content (AvgIpc) is 2.26. The summed E-state index contributed by atoms with van der Waals surface area (Å²) in [5, 5.41) is 0. The van der Waals surface area contributed by atoms with E-state index in [9.17, 15) is 4.79 Å². The smallest absolute Gasteiger partial charge is 0.305 e. The molecule has 3 nitrogen and oxygen atoms in total. The van der Waals surface area contributed by atoms with Crippen molar-refractivity contribution < 1.29 is 14.3 Å². The van der Waals surface area contributed by atoms with Gasteiger partial charge >= 0.3 is 5.97 Å². The SMILES string of the molecule is COC(=O)CCC1CC=C(OC)CC1.